The highest BCUT2D eigenvalue weighted by Gasteiger charge is 2.30. The number of thioether (sulfide) groups is 1. The number of carbonyl (C=O) groups excluding carboxylic acids is 1. The molecule has 3 aromatic rings. The van der Waals surface area contributed by atoms with E-state index in [4.69, 9.17) is 9.47 Å². The maximum Gasteiger partial charge on any atom is 0.237 e. The first-order valence-electron chi connectivity index (χ1n) is 9.16. The van der Waals surface area contributed by atoms with Gasteiger partial charge in [-0.25, -0.2) is 0 Å². The summed E-state index contributed by atoms with van der Waals surface area (Å²) in [5.41, 5.74) is 2.92. The van der Waals surface area contributed by atoms with Gasteiger partial charge in [-0.15, -0.1) is 5.10 Å². The fourth-order valence-electron chi connectivity index (χ4n) is 3.53. The quantitative estimate of drug-likeness (QED) is 0.577. The number of hydrogen-bond donors (Lipinski definition) is 0. The largest absolute Gasteiger partial charge is 0.493 e. The summed E-state index contributed by atoms with van der Waals surface area (Å²) >= 11 is 1.31. The maximum absolute atomic E-state index is 12.9. The van der Waals surface area contributed by atoms with Crippen molar-refractivity contribution in [3.05, 3.63) is 48.0 Å². The van der Waals surface area contributed by atoms with Crippen LogP contribution in [0.1, 0.15) is 12.5 Å². The maximum atomic E-state index is 12.9. The number of rotatable bonds is 6. The van der Waals surface area contributed by atoms with Gasteiger partial charge in [0.2, 0.25) is 11.1 Å². The third kappa shape index (κ3) is 3.65. The van der Waals surface area contributed by atoms with E-state index in [0.717, 1.165) is 17.8 Å². The zero-order valence-electron chi connectivity index (χ0n) is 16.4. The number of anilines is 1. The first-order chi connectivity index (χ1) is 14.1. The molecule has 0 aliphatic carbocycles. The molecule has 1 aliphatic heterocycles. The van der Waals surface area contributed by atoms with Crippen molar-refractivity contribution in [3.8, 4) is 17.2 Å². The summed E-state index contributed by atoms with van der Waals surface area (Å²) in [4.78, 5) is 14.8. The molecule has 1 aliphatic rings. The Bertz CT molecular complexity index is 1040. The number of fused-ring (bicyclic) bond motifs is 1. The van der Waals surface area contributed by atoms with Crippen LogP contribution in [0.25, 0.3) is 5.69 Å². The lowest BCUT2D eigenvalue weighted by atomic mass is 10.1. The summed E-state index contributed by atoms with van der Waals surface area (Å²) in [7, 11) is 3.16. The molecule has 9 heteroatoms. The van der Waals surface area contributed by atoms with Crippen LogP contribution in [0.3, 0.4) is 0 Å². The van der Waals surface area contributed by atoms with Crippen LogP contribution < -0.4 is 14.4 Å². The number of amides is 1. The van der Waals surface area contributed by atoms with Crippen molar-refractivity contribution in [2.75, 3.05) is 24.9 Å². The van der Waals surface area contributed by atoms with Crippen LogP contribution >= 0.6 is 11.8 Å². The van der Waals surface area contributed by atoms with Gasteiger partial charge in [0.05, 0.1) is 25.7 Å². The number of carbonyl (C=O) groups is 1. The molecule has 0 spiro atoms. The average molecular weight is 411 g/mol. The molecule has 0 bridgehead atoms. The summed E-state index contributed by atoms with van der Waals surface area (Å²) in [6.45, 7) is 2.07. The molecular formula is C20H21N5O3S. The Balaban J connectivity index is 1.51. The molecule has 0 saturated heterocycles. The highest BCUT2D eigenvalue weighted by Crippen LogP contribution is 2.33. The van der Waals surface area contributed by atoms with Gasteiger partial charge in [0.1, 0.15) is 0 Å². The van der Waals surface area contributed by atoms with Gasteiger partial charge < -0.3 is 14.4 Å². The highest BCUT2D eigenvalue weighted by atomic mass is 32.2. The summed E-state index contributed by atoms with van der Waals surface area (Å²) in [5.74, 6) is 1.48. The lowest BCUT2D eigenvalue weighted by molar-refractivity contribution is -0.116. The zero-order chi connectivity index (χ0) is 20.4. The topological polar surface area (TPSA) is 82.4 Å². The van der Waals surface area contributed by atoms with Crippen molar-refractivity contribution < 1.29 is 14.3 Å². The fourth-order valence-corrected chi connectivity index (χ4v) is 4.28. The Morgan fingerprint density at radius 1 is 1.17 bits per heavy atom. The van der Waals surface area contributed by atoms with E-state index in [0.29, 0.717) is 16.7 Å². The first kappa shape index (κ1) is 19.3. The van der Waals surface area contributed by atoms with Crippen molar-refractivity contribution in [3.63, 3.8) is 0 Å². The van der Waals surface area contributed by atoms with Gasteiger partial charge in [0.15, 0.2) is 11.5 Å². The van der Waals surface area contributed by atoms with Gasteiger partial charge in [0.25, 0.3) is 0 Å². The number of methoxy groups -OCH3 is 2. The van der Waals surface area contributed by atoms with Crippen LogP contribution in [0.4, 0.5) is 5.69 Å². The van der Waals surface area contributed by atoms with Gasteiger partial charge >= 0.3 is 0 Å². The minimum absolute atomic E-state index is 0.0364. The number of para-hydroxylation sites is 1. The monoisotopic (exact) mass is 411 g/mol. The molecule has 0 unspecified atom stereocenters. The molecule has 1 atom stereocenters. The third-order valence-electron chi connectivity index (χ3n) is 4.85. The van der Waals surface area contributed by atoms with Crippen LogP contribution in [-0.2, 0) is 11.2 Å². The van der Waals surface area contributed by atoms with Gasteiger partial charge in [-0.05, 0) is 47.5 Å². The SMILES string of the molecule is COc1ccc(-n2nnnc2SCC(=O)N2c3ccccc3C[C@H]2C)cc1OC. The molecule has 0 radical (unpaired) electrons. The van der Waals surface area contributed by atoms with E-state index in [1.54, 1.807) is 31.0 Å². The summed E-state index contributed by atoms with van der Waals surface area (Å²) < 4.78 is 12.2. The molecule has 2 heterocycles. The van der Waals surface area contributed by atoms with Crippen LogP contribution in [0.2, 0.25) is 0 Å². The molecule has 4 rings (SSSR count). The smallest absolute Gasteiger partial charge is 0.237 e. The zero-order valence-corrected chi connectivity index (χ0v) is 17.2. The van der Waals surface area contributed by atoms with Gasteiger partial charge in [-0.1, -0.05) is 30.0 Å². The average Bonchev–Trinajstić information content (AvgIpc) is 3.34. The predicted molar refractivity (Wildman–Crippen MR) is 110 cm³/mol. The minimum atomic E-state index is 0.0364. The molecule has 1 aromatic heterocycles. The van der Waals surface area contributed by atoms with Crippen molar-refractivity contribution in [1.82, 2.24) is 20.2 Å². The summed E-state index contributed by atoms with van der Waals surface area (Å²) in [6.07, 6.45) is 0.871. The Morgan fingerprint density at radius 3 is 2.76 bits per heavy atom. The van der Waals surface area contributed by atoms with Gasteiger partial charge in [-0.2, -0.15) is 4.68 Å². The van der Waals surface area contributed by atoms with Crippen molar-refractivity contribution in [1.29, 1.82) is 0 Å². The predicted octanol–water partition coefficient (Wildman–Crippen LogP) is 2.75. The second kappa shape index (κ2) is 8.12. The van der Waals surface area contributed by atoms with Gasteiger partial charge in [0, 0.05) is 17.8 Å². The van der Waals surface area contributed by atoms with E-state index >= 15 is 0 Å². The highest BCUT2D eigenvalue weighted by molar-refractivity contribution is 7.99. The molecule has 1 amide bonds. The molecule has 2 aromatic carbocycles. The van der Waals surface area contributed by atoms with E-state index in [1.165, 1.54) is 17.3 Å². The molecule has 150 valence electrons. The second-order valence-electron chi connectivity index (χ2n) is 6.65. The molecule has 0 fully saturated rings. The summed E-state index contributed by atoms with van der Waals surface area (Å²) in [5, 5.41) is 12.4. The normalized spacial score (nSPS) is 15.3. The Hall–Kier alpha value is -3.07. The van der Waals surface area contributed by atoms with Crippen LogP contribution in [0.15, 0.2) is 47.6 Å². The number of benzene rings is 2. The molecular weight excluding hydrogens is 390 g/mol. The van der Waals surface area contributed by atoms with Crippen LogP contribution in [0, 0.1) is 0 Å². The van der Waals surface area contributed by atoms with E-state index in [2.05, 4.69) is 28.5 Å². The Morgan fingerprint density at radius 2 is 1.97 bits per heavy atom. The van der Waals surface area contributed by atoms with E-state index < -0.39 is 0 Å². The molecule has 0 saturated carbocycles. The Labute approximate surface area is 172 Å². The third-order valence-corrected chi connectivity index (χ3v) is 5.76. The fraction of sp³-hybridized carbons (Fsp3) is 0.300. The number of ether oxygens (including phenoxy) is 2. The van der Waals surface area contributed by atoms with Gasteiger partial charge in [-0.3, -0.25) is 4.79 Å². The second-order valence-corrected chi connectivity index (χ2v) is 7.59. The lowest BCUT2D eigenvalue weighted by Crippen LogP contribution is -2.37. The molecule has 0 N–H and O–H groups in total. The lowest BCUT2D eigenvalue weighted by Gasteiger charge is -2.22. The van der Waals surface area contributed by atoms with E-state index in [-0.39, 0.29) is 17.7 Å². The minimum Gasteiger partial charge on any atom is -0.493 e. The Kier molecular flexibility index (Phi) is 5.39. The standard InChI is InChI=1S/C20H21N5O3S/c1-13-10-14-6-4-5-7-16(14)24(13)19(26)12-29-20-21-22-23-25(20)15-8-9-17(27-2)18(11-15)28-3/h4-9,11,13H,10,12H2,1-3H3/t13-/m1/s1. The van der Waals surface area contributed by atoms with E-state index in [1.807, 2.05) is 29.2 Å². The number of aromatic nitrogens is 4. The van der Waals surface area contributed by atoms with Crippen molar-refractivity contribution >= 4 is 23.4 Å². The first-order valence-corrected chi connectivity index (χ1v) is 10.1. The molecule has 8 nitrogen and oxygen atoms in total. The summed E-state index contributed by atoms with van der Waals surface area (Å²) in [6, 6.07) is 13.6. The van der Waals surface area contributed by atoms with E-state index in [9.17, 15) is 4.79 Å². The number of nitrogens with zero attached hydrogens (tertiary/aromatic N) is 5. The van der Waals surface area contributed by atoms with Crippen LogP contribution in [-0.4, -0.2) is 52.1 Å². The number of hydrogen-bond acceptors (Lipinski definition) is 7. The van der Waals surface area contributed by atoms with Crippen molar-refractivity contribution in [2.45, 2.75) is 24.5 Å². The number of tetrazole rings is 1. The van der Waals surface area contributed by atoms with Crippen LogP contribution in [0.5, 0.6) is 11.5 Å². The molecule has 29 heavy (non-hydrogen) atoms. The van der Waals surface area contributed by atoms with Crippen molar-refractivity contribution in [2.24, 2.45) is 0 Å².